The number of carbonyl (C=O) groups excluding carboxylic acids is 1. The molecule has 0 saturated heterocycles. The average Bonchev–Trinajstić information content (AvgIpc) is 2.78. The van der Waals surface area contributed by atoms with E-state index in [2.05, 4.69) is 34.6 Å². The van der Waals surface area contributed by atoms with Gasteiger partial charge in [0.2, 0.25) is 0 Å². The summed E-state index contributed by atoms with van der Waals surface area (Å²) in [6.45, 7) is 5.01. The van der Waals surface area contributed by atoms with E-state index >= 15 is 0 Å². The molecule has 1 heterocycles. The van der Waals surface area contributed by atoms with Crippen LogP contribution in [0.1, 0.15) is 28.4 Å². The van der Waals surface area contributed by atoms with Crippen molar-refractivity contribution in [2.45, 2.75) is 20.4 Å². The highest BCUT2D eigenvalue weighted by atomic mass is 16.5. The number of pyridine rings is 1. The second kappa shape index (κ2) is 8.78. The molecule has 0 fully saturated rings. The Kier molecular flexibility index (Phi) is 5.75. The zero-order valence-corrected chi connectivity index (χ0v) is 17.2. The number of nitrogens with one attached hydrogen (secondary N) is 1. The fourth-order valence-electron chi connectivity index (χ4n) is 3.65. The standard InChI is InChI=1S/C26H24N2O2/c1-3-30-21-11-8-19(9-12-21)23-13-10-20(25-17-27-15-14-24(23)25)16-28-26(29)22-7-5-4-6-18(22)2/h4-15,17H,3,16H2,1-2H3,(H,28,29). The van der Waals surface area contributed by atoms with Gasteiger partial charge in [-0.2, -0.15) is 0 Å². The Hall–Kier alpha value is -3.66. The molecule has 0 unspecified atom stereocenters. The van der Waals surface area contributed by atoms with Gasteiger partial charge in [-0.3, -0.25) is 9.78 Å². The fraction of sp³-hybridized carbons (Fsp3) is 0.154. The number of benzene rings is 3. The van der Waals surface area contributed by atoms with Crippen LogP contribution >= 0.6 is 0 Å². The molecule has 4 heteroatoms. The third kappa shape index (κ3) is 4.03. The lowest BCUT2D eigenvalue weighted by atomic mass is 9.96. The summed E-state index contributed by atoms with van der Waals surface area (Å²) in [6.07, 6.45) is 3.67. The lowest BCUT2D eigenvalue weighted by Gasteiger charge is -2.13. The van der Waals surface area contributed by atoms with Crippen LogP contribution in [0.3, 0.4) is 0 Å². The summed E-state index contributed by atoms with van der Waals surface area (Å²) in [5.41, 5.74) is 4.95. The summed E-state index contributed by atoms with van der Waals surface area (Å²) in [7, 11) is 0. The van der Waals surface area contributed by atoms with Gasteiger partial charge in [-0.05, 0) is 65.8 Å². The van der Waals surface area contributed by atoms with Crippen molar-refractivity contribution < 1.29 is 9.53 Å². The molecule has 0 aliphatic heterocycles. The van der Waals surface area contributed by atoms with Gasteiger partial charge in [0.1, 0.15) is 5.75 Å². The first-order chi connectivity index (χ1) is 14.7. The monoisotopic (exact) mass is 396 g/mol. The number of hydrogen-bond donors (Lipinski definition) is 1. The van der Waals surface area contributed by atoms with E-state index in [0.717, 1.165) is 38.8 Å². The van der Waals surface area contributed by atoms with Crippen molar-refractivity contribution in [1.29, 1.82) is 0 Å². The zero-order chi connectivity index (χ0) is 20.9. The number of aromatic nitrogens is 1. The summed E-state index contributed by atoms with van der Waals surface area (Å²) in [6, 6.07) is 21.9. The molecule has 30 heavy (non-hydrogen) atoms. The maximum Gasteiger partial charge on any atom is 0.251 e. The quantitative estimate of drug-likeness (QED) is 0.466. The number of nitrogens with zero attached hydrogens (tertiary/aromatic N) is 1. The highest BCUT2D eigenvalue weighted by molar-refractivity contribution is 5.99. The highest BCUT2D eigenvalue weighted by Crippen LogP contribution is 2.31. The number of hydrogen-bond acceptors (Lipinski definition) is 3. The molecule has 150 valence electrons. The molecule has 4 aromatic rings. The summed E-state index contributed by atoms with van der Waals surface area (Å²) >= 11 is 0. The Balaban J connectivity index is 1.62. The zero-order valence-electron chi connectivity index (χ0n) is 17.2. The van der Waals surface area contributed by atoms with E-state index in [1.54, 1.807) is 6.20 Å². The molecule has 3 aromatic carbocycles. The first-order valence-electron chi connectivity index (χ1n) is 10.1. The Morgan fingerprint density at radius 2 is 1.77 bits per heavy atom. The predicted molar refractivity (Wildman–Crippen MR) is 121 cm³/mol. The van der Waals surface area contributed by atoms with Crippen molar-refractivity contribution in [3.05, 3.63) is 95.8 Å². The van der Waals surface area contributed by atoms with Gasteiger partial charge in [0.15, 0.2) is 0 Å². The lowest BCUT2D eigenvalue weighted by molar-refractivity contribution is 0.0950. The first kappa shape index (κ1) is 19.6. The first-order valence-corrected chi connectivity index (χ1v) is 10.1. The molecule has 4 rings (SSSR count). The van der Waals surface area contributed by atoms with Crippen molar-refractivity contribution >= 4 is 16.7 Å². The van der Waals surface area contributed by atoms with Crippen LogP contribution in [0.25, 0.3) is 21.9 Å². The Labute approximate surface area is 176 Å². The molecule has 1 aromatic heterocycles. The number of carbonyl (C=O) groups is 1. The van der Waals surface area contributed by atoms with Crippen LogP contribution in [0.4, 0.5) is 0 Å². The van der Waals surface area contributed by atoms with Crippen LogP contribution in [-0.2, 0) is 6.54 Å². The van der Waals surface area contributed by atoms with Gasteiger partial charge in [-0.15, -0.1) is 0 Å². The molecule has 0 radical (unpaired) electrons. The van der Waals surface area contributed by atoms with E-state index in [-0.39, 0.29) is 5.91 Å². The second-order valence-corrected chi connectivity index (χ2v) is 7.15. The minimum atomic E-state index is -0.0688. The van der Waals surface area contributed by atoms with Gasteiger partial charge in [-0.25, -0.2) is 0 Å². The third-order valence-corrected chi connectivity index (χ3v) is 5.21. The minimum absolute atomic E-state index is 0.0688. The molecule has 0 bridgehead atoms. The van der Waals surface area contributed by atoms with Crippen LogP contribution < -0.4 is 10.1 Å². The van der Waals surface area contributed by atoms with Crippen molar-refractivity contribution in [3.63, 3.8) is 0 Å². The summed E-state index contributed by atoms with van der Waals surface area (Å²) in [5.74, 6) is 0.795. The number of ether oxygens (including phenoxy) is 1. The van der Waals surface area contributed by atoms with Gasteiger partial charge in [0, 0.05) is 29.9 Å². The van der Waals surface area contributed by atoms with Crippen molar-refractivity contribution in [3.8, 4) is 16.9 Å². The second-order valence-electron chi connectivity index (χ2n) is 7.15. The molecular formula is C26H24N2O2. The molecule has 0 aliphatic rings. The van der Waals surface area contributed by atoms with Crippen molar-refractivity contribution in [1.82, 2.24) is 10.3 Å². The lowest BCUT2D eigenvalue weighted by Crippen LogP contribution is -2.23. The fourth-order valence-corrected chi connectivity index (χ4v) is 3.65. The molecule has 0 saturated carbocycles. The largest absolute Gasteiger partial charge is 0.494 e. The average molecular weight is 396 g/mol. The van der Waals surface area contributed by atoms with Crippen LogP contribution in [0.5, 0.6) is 5.75 Å². The van der Waals surface area contributed by atoms with Crippen molar-refractivity contribution in [2.75, 3.05) is 6.61 Å². The molecule has 1 N–H and O–H groups in total. The Morgan fingerprint density at radius 3 is 2.53 bits per heavy atom. The molecular weight excluding hydrogens is 372 g/mol. The summed E-state index contributed by atoms with van der Waals surface area (Å²) in [5, 5.41) is 5.19. The van der Waals surface area contributed by atoms with E-state index in [4.69, 9.17) is 4.74 Å². The van der Waals surface area contributed by atoms with E-state index in [1.165, 1.54) is 0 Å². The predicted octanol–water partition coefficient (Wildman–Crippen LogP) is 5.54. The smallest absolute Gasteiger partial charge is 0.251 e. The normalized spacial score (nSPS) is 10.7. The Bertz CT molecular complexity index is 1180. The van der Waals surface area contributed by atoms with Crippen molar-refractivity contribution in [2.24, 2.45) is 0 Å². The van der Waals surface area contributed by atoms with E-state index in [1.807, 2.05) is 62.5 Å². The topological polar surface area (TPSA) is 51.2 Å². The maximum absolute atomic E-state index is 12.6. The van der Waals surface area contributed by atoms with E-state index in [0.29, 0.717) is 18.7 Å². The molecule has 1 amide bonds. The van der Waals surface area contributed by atoms with Crippen LogP contribution in [0.15, 0.2) is 79.1 Å². The van der Waals surface area contributed by atoms with Gasteiger partial charge in [-0.1, -0.05) is 42.5 Å². The third-order valence-electron chi connectivity index (χ3n) is 5.21. The van der Waals surface area contributed by atoms with Crippen LogP contribution in [0, 0.1) is 6.92 Å². The maximum atomic E-state index is 12.6. The van der Waals surface area contributed by atoms with Crippen LogP contribution in [0.2, 0.25) is 0 Å². The highest BCUT2D eigenvalue weighted by Gasteiger charge is 2.11. The number of amides is 1. The van der Waals surface area contributed by atoms with Gasteiger partial charge >= 0.3 is 0 Å². The summed E-state index contributed by atoms with van der Waals surface area (Å²) < 4.78 is 5.55. The molecule has 4 nitrogen and oxygen atoms in total. The number of fused-ring (bicyclic) bond motifs is 1. The SMILES string of the molecule is CCOc1ccc(-c2ccc(CNC(=O)c3ccccc3C)c3cnccc23)cc1. The molecule has 0 aliphatic carbocycles. The van der Waals surface area contributed by atoms with E-state index < -0.39 is 0 Å². The van der Waals surface area contributed by atoms with Gasteiger partial charge < -0.3 is 10.1 Å². The number of rotatable bonds is 6. The van der Waals surface area contributed by atoms with E-state index in [9.17, 15) is 4.79 Å². The number of aryl methyl sites for hydroxylation is 1. The molecule has 0 spiro atoms. The summed E-state index contributed by atoms with van der Waals surface area (Å²) in [4.78, 5) is 16.9. The van der Waals surface area contributed by atoms with Crippen LogP contribution in [-0.4, -0.2) is 17.5 Å². The Morgan fingerprint density at radius 1 is 0.967 bits per heavy atom. The minimum Gasteiger partial charge on any atom is -0.494 e. The van der Waals surface area contributed by atoms with Gasteiger partial charge in [0.25, 0.3) is 5.91 Å². The van der Waals surface area contributed by atoms with Gasteiger partial charge in [0.05, 0.1) is 6.61 Å². The molecule has 0 atom stereocenters.